The van der Waals surface area contributed by atoms with E-state index in [-0.39, 0.29) is 18.2 Å². The number of esters is 1. The molecule has 3 atom stereocenters. The molecule has 0 aromatic carbocycles. The highest BCUT2D eigenvalue weighted by molar-refractivity contribution is 14.1. The van der Waals surface area contributed by atoms with Gasteiger partial charge in [-0.1, -0.05) is 22.6 Å². The van der Waals surface area contributed by atoms with E-state index in [0.29, 0.717) is 16.4 Å². The first kappa shape index (κ1) is 15.2. The third-order valence-electron chi connectivity index (χ3n) is 3.11. The highest BCUT2D eigenvalue weighted by atomic mass is 127. The molecule has 8 heteroatoms. The van der Waals surface area contributed by atoms with Crippen molar-refractivity contribution >= 4 is 28.6 Å². The molecular weight excluding hydrogens is 379 g/mol. The first-order valence-corrected chi connectivity index (χ1v) is 7.65. The maximum absolute atomic E-state index is 11.8. The van der Waals surface area contributed by atoms with Gasteiger partial charge in [-0.05, 0) is 6.92 Å². The van der Waals surface area contributed by atoms with Gasteiger partial charge in [0.25, 0.3) is 5.56 Å². The van der Waals surface area contributed by atoms with Gasteiger partial charge in [-0.25, -0.2) is 4.79 Å². The minimum absolute atomic E-state index is 0.261. The van der Waals surface area contributed by atoms with Crippen molar-refractivity contribution in [1.29, 1.82) is 0 Å². The molecule has 1 aromatic rings. The van der Waals surface area contributed by atoms with Crippen LogP contribution in [0.25, 0.3) is 0 Å². The number of aryl methyl sites for hydroxylation is 1. The molecule has 0 amide bonds. The average Bonchev–Trinajstić information content (AvgIpc) is 2.75. The van der Waals surface area contributed by atoms with E-state index in [9.17, 15) is 14.4 Å². The molecule has 1 saturated heterocycles. The number of aromatic nitrogens is 2. The highest BCUT2D eigenvalue weighted by Crippen LogP contribution is 2.30. The van der Waals surface area contributed by atoms with Gasteiger partial charge in [0, 0.05) is 29.5 Å². The Bertz CT molecular complexity index is 623. The highest BCUT2D eigenvalue weighted by Gasteiger charge is 2.38. The summed E-state index contributed by atoms with van der Waals surface area (Å²) in [7, 11) is 0. The number of hydrogen-bond acceptors (Lipinski definition) is 5. The summed E-state index contributed by atoms with van der Waals surface area (Å²) in [4.78, 5) is 36.5. The first-order valence-electron chi connectivity index (χ1n) is 6.13. The Labute approximate surface area is 128 Å². The first-order chi connectivity index (χ1) is 9.42. The van der Waals surface area contributed by atoms with E-state index in [1.165, 1.54) is 17.7 Å². The Kier molecular flexibility index (Phi) is 4.63. The lowest BCUT2D eigenvalue weighted by Crippen LogP contribution is -2.33. The van der Waals surface area contributed by atoms with E-state index in [2.05, 4.69) is 27.6 Å². The van der Waals surface area contributed by atoms with Crippen LogP contribution in [0.4, 0.5) is 0 Å². The van der Waals surface area contributed by atoms with Gasteiger partial charge in [-0.15, -0.1) is 0 Å². The largest absolute Gasteiger partial charge is 0.460 e. The van der Waals surface area contributed by atoms with Gasteiger partial charge in [0.05, 0.1) is 0 Å². The summed E-state index contributed by atoms with van der Waals surface area (Å²) in [6, 6.07) is 0. The number of halogens is 1. The van der Waals surface area contributed by atoms with Gasteiger partial charge in [-0.2, -0.15) is 0 Å². The Hall–Kier alpha value is -1.16. The lowest BCUT2D eigenvalue weighted by Gasteiger charge is -2.15. The van der Waals surface area contributed by atoms with Crippen LogP contribution in [0.1, 0.15) is 25.1 Å². The molecule has 0 radical (unpaired) electrons. The predicted molar refractivity (Wildman–Crippen MR) is 79.0 cm³/mol. The summed E-state index contributed by atoms with van der Waals surface area (Å²) in [6.45, 7) is 2.96. The van der Waals surface area contributed by atoms with Crippen LogP contribution >= 0.6 is 22.6 Å². The molecule has 0 spiro atoms. The molecule has 2 heterocycles. The van der Waals surface area contributed by atoms with Crippen LogP contribution in [0.5, 0.6) is 0 Å². The Morgan fingerprint density at radius 1 is 1.60 bits per heavy atom. The van der Waals surface area contributed by atoms with Crippen molar-refractivity contribution in [3.05, 3.63) is 32.6 Å². The molecular formula is C12H15IN2O5. The maximum atomic E-state index is 11.8. The van der Waals surface area contributed by atoms with Gasteiger partial charge in [0.2, 0.25) is 0 Å². The van der Waals surface area contributed by atoms with Gasteiger partial charge >= 0.3 is 11.7 Å². The molecule has 1 fully saturated rings. The second-order valence-electron chi connectivity index (χ2n) is 4.65. The number of carbonyl (C=O) groups excluding carboxylic acids is 1. The van der Waals surface area contributed by atoms with Crippen molar-refractivity contribution in [2.24, 2.45) is 0 Å². The monoisotopic (exact) mass is 394 g/mol. The van der Waals surface area contributed by atoms with Crippen LogP contribution in [0.15, 0.2) is 15.8 Å². The Balaban J connectivity index is 2.27. The van der Waals surface area contributed by atoms with Gasteiger partial charge < -0.3 is 9.47 Å². The summed E-state index contributed by atoms with van der Waals surface area (Å²) in [5, 5.41) is 0. The van der Waals surface area contributed by atoms with Gasteiger partial charge in [0.1, 0.15) is 18.4 Å². The SMILES string of the molecule is CC(=O)OC1CC(n2cc(C)c(=O)[nH]c2=O)OC1CI. The summed E-state index contributed by atoms with van der Waals surface area (Å²) in [5.41, 5.74) is -0.511. The van der Waals surface area contributed by atoms with E-state index in [4.69, 9.17) is 9.47 Å². The van der Waals surface area contributed by atoms with Gasteiger partial charge in [0.15, 0.2) is 0 Å². The van der Waals surface area contributed by atoms with Crippen LogP contribution in [-0.2, 0) is 14.3 Å². The van der Waals surface area contributed by atoms with Crippen LogP contribution in [-0.4, -0.2) is 32.2 Å². The lowest BCUT2D eigenvalue weighted by atomic mass is 10.2. The van der Waals surface area contributed by atoms with E-state index in [0.717, 1.165) is 0 Å². The summed E-state index contributed by atoms with van der Waals surface area (Å²) in [5.74, 6) is -0.376. The standard InChI is InChI=1S/C12H15IN2O5/c1-6-5-15(12(18)14-11(6)17)10-3-8(19-7(2)16)9(4-13)20-10/h5,8-10H,3-4H2,1-2H3,(H,14,17,18). The van der Waals surface area contributed by atoms with Gasteiger partial charge in [-0.3, -0.25) is 19.1 Å². The van der Waals surface area contributed by atoms with Crippen molar-refractivity contribution in [2.75, 3.05) is 4.43 Å². The molecule has 110 valence electrons. The van der Waals surface area contributed by atoms with E-state index >= 15 is 0 Å². The lowest BCUT2D eigenvalue weighted by molar-refractivity contribution is -0.148. The molecule has 1 aliphatic heterocycles. The summed E-state index contributed by atoms with van der Waals surface area (Å²) < 4.78 is 12.9. The minimum atomic E-state index is -0.540. The second-order valence-corrected chi connectivity index (χ2v) is 5.53. The number of H-pyrrole nitrogens is 1. The number of nitrogens with one attached hydrogen (secondary N) is 1. The third-order valence-corrected chi connectivity index (χ3v) is 3.97. The molecule has 7 nitrogen and oxygen atoms in total. The zero-order valence-corrected chi connectivity index (χ0v) is 13.2. The number of nitrogens with zero attached hydrogens (tertiary/aromatic N) is 1. The fraction of sp³-hybridized carbons (Fsp3) is 0.583. The van der Waals surface area contributed by atoms with Crippen molar-refractivity contribution in [3.8, 4) is 0 Å². The van der Waals surface area contributed by atoms with Crippen LogP contribution in [0.3, 0.4) is 0 Å². The smallest absolute Gasteiger partial charge is 0.330 e. The molecule has 3 unspecified atom stereocenters. The second kappa shape index (κ2) is 6.08. The number of carbonyl (C=O) groups is 1. The zero-order chi connectivity index (χ0) is 14.9. The molecule has 0 saturated carbocycles. The quantitative estimate of drug-likeness (QED) is 0.458. The number of ether oxygens (including phenoxy) is 2. The fourth-order valence-corrected chi connectivity index (χ4v) is 2.92. The number of hydrogen-bond donors (Lipinski definition) is 1. The third kappa shape index (κ3) is 3.11. The number of aromatic amines is 1. The van der Waals surface area contributed by atoms with Crippen LogP contribution < -0.4 is 11.2 Å². The predicted octanol–water partition coefficient (Wildman–Crippen LogP) is 0.499. The number of rotatable bonds is 3. The van der Waals surface area contributed by atoms with E-state index in [1.807, 2.05) is 0 Å². The molecule has 20 heavy (non-hydrogen) atoms. The molecule has 1 N–H and O–H groups in total. The summed E-state index contributed by atoms with van der Waals surface area (Å²) >= 11 is 2.14. The maximum Gasteiger partial charge on any atom is 0.330 e. The van der Waals surface area contributed by atoms with Crippen molar-refractivity contribution in [1.82, 2.24) is 9.55 Å². The van der Waals surface area contributed by atoms with Crippen molar-refractivity contribution in [2.45, 2.75) is 38.7 Å². The summed E-state index contributed by atoms with van der Waals surface area (Å²) in [6.07, 6.45) is 0.671. The molecule has 1 aliphatic rings. The van der Waals surface area contributed by atoms with Crippen molar-refractivity contribution < 1.29 is 14.3 Å². The molecule has 1 aromatic heterocycles. The van der Waals surface area contributed by atoms with E-state index < -0.39 is 17.5 Å². The molecule has 0 bridgehead atoms. The molecule has 2 rings (SSSR count). The Morgan fingerprint density at radius 3 is 2.90 bits per heavy atom. The van der Waals surface area contributed by atoms with Crippen LogP contribution in [0.2, 0.25) is 0 Å². The minimum Gasteiger partial charge on any atom is -0.460 e. The number of alkyl halides is 1. The molecule has 0 aliphatic carbocycles. The Morgan fingerprint density at radius 2 is 2.30 bits per heavy atom. The van der Waals surface area contributed by atoms with E-state index in [1.54, 1.807) is 6.92 Å². The van der Waals surface area contributed by atoms with Crippen LogP contribution in [0, 0.1) is 6.92 Å². The van der Waals surface area contributed by atoms with Crippen molar-refractivity contribution in [3.63, 3.8) is 0 Å². The average molecular weight is 394 g/mol. The fourth-order valence-electron chi connectivity index (χ4n) is 2.15. The topological polar surface area (TPSA) is 90.4 Å². The normalized spacial score (nSPS) is 25.6. The zero-order valence-electron chi connectivity index (χ0n) is 11.1.